The third kappa shape index (κ3) is 6.76. The van der Waals surface area contributed by atoms with Gasteiger partial charge in [-0.1, -0.05) is 33.1 Å². The molecule has 1 aliphatic carbocycles. The Bertz CT molecular complexity index is 923. The maximum absolute atomic E-state index is 14.7. The number of aryl methyl sites for hydroxylation is 1. The Morgan fingerprint density at radius 3 is 1.85 bits per heavy atom. The first-order chi connectivity index (χ1) is 16.0. The van der Waals surface area contributed by atoms with E-state index in [4.69, 9.17) is 0 Å². The van der Waals surface area contributed by atoms with Gasteiger partial charge in [0.1, 0.15) is 28.8 Å². The van der Waals surface area contributed by atoms with Crippen molar-refractivity contribution in [2.45, 2.75) is 83.7 Å². The van der Waals surface area contributed by atoms with Gasteiger partial charge in [0, 0.05) is 5.56 Å². The van der Waals surface area contributed by atoms with Gasteiger partial charge in [-0.05, 0) is 91.7 Å². The van der Waals surface area contributed by atoms with E-state index in [0.29, 0.717) is 29.5 Å². The van der Waals surface area contributed by atoms with Gasteiger partial charge in [-0.2, -0.15) is 13.2 Å². The molecule has 7 heteroatoms. The van der Waals surface area contributed by atoms with Crippen LogP contribution in [-0.4, -0.2) is 0 Å². The highest BCUT2D eigenvalue weighted by Gasteiger charge is 2.37. The van der Waals surface area contributed by atoms with E-state index >= 15 is 0 Å². The first-order valence-electron chi connectivity index (χ1n) is 12.0. The standard InChI is InChI=1S/C27H31F7/c1-16(2)4-3-5-17-6-9-19(10-7-17)20-14-22(28)21(23(29)15-20)11-8-18-12-24(30)26(25(31)13-18)27(32,33)34/h12-17,19H,3-11H2,1-2H3. The van der Waals surface area contributed by atoms with E-state index in [1.54, 1.807) is 0 Å². The van der Waals surface area contributed by atoms with Crippen molar-refractivity contribution in [3.8, 4) is 0 Å². The van der Waals surface area contributed by atoms with Crippen LogP contribution < -0.4 is 0 Å². The maximum atomic E-state index is 14.7. The molecule has 1 fully saturated rings. The van der Waals surface area contributed by atoms with Gasteiger partial charge in [0.05, 0.1) is 0 Å². The third-order valence-electron chi connectivity index (χ3n) is 6.92. The molecule has 3 rings (SSSR count). The number of hydrogen-bond acceptors (Lipinski definition) is 0. The summed E-state index contributed by atoms with van der Waals surface area (Å²) in [6.45, 7) is 4.42. The van der Waals surface area contributed by atoms with Gasteiger partial charge >= 0.3 is 6.18 Å². The van der Waals surface area contributed by atoms with Crippen LogP contribution in [-0.2, 0) is 19.0 Å². The summed E-state index contributed by atoms with van der Waals surface area (Å²) in [5.41, 5.74) is -1.67. The van der Waals surface area contributed by atoms with Crippen LogP contribution >= 0.6 is 0 Å². The Balaban J connectivity index is 1.62. The normalized spacial score (nSPS) is 19.1. The molecule has 2 aromatic carbocycles. The van der Waals surface area contributed by atoms with Crippen molar-refractivity contribution in [3.63, 3.8) is 0 Å². The van der Waals surface area contributed by atoms with Crippen molar-refractivity contribution in [1.29, 1.82) is 0 Å². The molecule has 0 radical (unpaired) electrons. The molecule has 2 aromatic rings. The van der Waals surface area contributed by atoms with Crippen LogP contribution in [0.25, 0.3) is 0 Å². The van der Waals surface area contributed by atoms with Crippen LogP contribution in [0, 0.1) is 35.1 Å². The molecule has 0 atom stereocenters. The van der Waals surface area contributed by atoms with Crippen LogP contribution in [0.2, 0.25) is 0 Å². The lowest BCUT2D eigenvalue weighted by atomic mass is 9.76. The average Bonchev–Trinajstić information content (AvgIpc) is 2.71. The monoisotopic (exact) mass is 488 g/mol. The Kier molecular flexibility index (Phi) is 8.69. The zero-order valence-electron chi connectivity index (χ0n) is 19.6. The third-order valence-corrected chi connectivity index (χ3v) is 6.92. The van der Waals surface area contributed by atoms with Gasteiger partial charge in [-0.15, -0.1) is 0 Å². The minimum Gasteiger partial charge on any atom is -0.207 e. The van der Waals surface area contributed by atoms with E-state index in [2.05, 4.69) is 13.8 Å². The Labute approximate surface area is 196 Å². The smallest absolute Gasteiger partial charge is 0.207 e. The van der Waals surface area contributed by atoms with Crippen LogP contribution in [0.15, 0.2) is 24.3 Å². The summed E-state index contributed by atoms with van der Waals surface area (Å²) in [6.07, 6.45) is 1.89. The van der Waals surface area contributed by atoms with Crippen molar-refractivity contribution < 1.29 is 30.7 Å². The second-order valence-electron chi connectivity index (χ2n) is 9.94. The van der Waals surface area contributed by atoms with Crippen LogP contribution in [0.3, 0.4) is 0 Å². The predicted molar refractivity (Wildman–Crippen MR) is 119 cm³/mol. The van der Waals surface area contributed by atoms with Gasteiger partial charge in [-0.3, -0.25) is 0 Å². The minimum absolute atomic E-state index is 0.0949. The second kappa shape index (κ2) is 11.1. The molecule has 0 heterocycles. The molecule has 0 N–H and O–H groups in total. The molecule has 0 aliphatic heterocycles. The largest absolute Gasteiger partial charge is 0.422 e. The van der Waals surface area contributed by atoms with Crippen molar-refractivity contribution in [2.24, 2.45) is 11.8 Å². The first-order valence-corrected chi connectivity index (χ1v) is 12.0. The zero-order chi connectivity index (χ0) is 25.0. The molecule has 0 bridgehead atoms. The number of hydrogen-bond donors (Lipinski definition) is 0. The van der Waals surface area contributed by atoms with E-state index in [-0.39, 0.29) is 29.9 Å². The molecule has 0 saturated heterocycles. The number of halogens is 7. The van der Waals surface area contributed by atoms with Crippen LogP contribution in [0.1, 0.15) is 87.0 Å². The van der Waals surface area contributed by atoms with E-state index in [1.165, 1.54) is 31.4 Å². The van der Waals surface area contributed by atoms with E-state index in [9.17, 15) is 30.7 Å². The summed E-state index contributed by atoms with van der Waals surface area (Å²) in [5.74, 6) is -3.50. The highest BCUT2D eigenvalue weighted by atomic mass is 19.4. The topological polar surface area (TPSA) is 0 Å². The van der Waals surface area contributed by atoms with Gasteiger partial charge in [0.2, 0.25) is 0 Å². The lowest BCUT2D eigenvalue weighted by molar-refractivity contribution is -0.142. The SMILES string of the molecule is CC(C)CCCC1CCC(c2cc(F)c(CCc3cc(F)c(C(F)(F)F)c(F)c3)c(F)c2)CC1. The minimum atomic E-state index is -5.16. The predicted octanol–water partition coefficient (Wildman–Crippen LogP) is 9.15. The highest BCUT2D eigenvalue weighted by molar-refractivity contribution is 5.32. The van der Waals surface area contributed by atoms with Crippen molar-refractivity contribution in [2.75, 3.05) is 0 Å². The Morgan fingerprint density at radius 2 is 1.35 bits per heavy atom. The van der Waals surface area contributed by atoms with Crippen LogP contribution in [0.5, 0.6) is 0 Å². The van der Waals surface area contributed by atoms with Gasteiger partial charge in [0.25, 0.3) is 0 Å². The summed E-state index contributed by atoms with van der Waals surface area (Å²) in [5, 5.41) is 0. The van der Waals surface area contributed by atoms with Crippen molar-refractivity contribution in [1.82, 2.24) is 0 Å². The summed E-state index contributed by atoms with van der Waals surface area (Å²) in [7, 11) is 0. The summed E-state index contributed by atoms with van der Waals surface area (Å²) >= 11 is 0. The number of rotatable bonds is 8. The molecule has 0 amide bonds. The second-order valence-corrected chi connectivity index (χ2v) is 9.94. The Morgan fingerprint density at radius 1 is 0.794 bits per heavy atom. The molecule has 0 nitrogen and oxygen atoms in total. The van der Waals surface area contributed by atoms with Gasteiger partial charge in [0.15, 0.2) is 0 Å². The van der Waals surface area contributed by atoms with Crippen molar-refractivity contribution in [3.05, 3.63) is 69.8 Å². The summed E-state index contributed by atoms with van der Waals surface area (Å²) in [4.78, 5) is 0. The molecule has 34 heavy (non-hydrogen) atoms. The summed E-state index contributed by atoms with van der Waals surface area (Å²) in [6, 6.07) is 3.79. The fourth-order valence-electron chi connectivity index (χ4n) is 5.01. The molecular formula is C27H31F7. The maximum Gasteiger partial charge on any atom is 0.422 e. The summed E-state index contributed by atoms with van der Waals surface area (Å²) < 4.78 is 95.2. The lowest BCUT2D eigenvalue weighted by Crippen LogP contribution is -2.14. The quantitative estimate of drug-likeness (QED) is 0.325. The van der Waals surface area contributed by atoms with E-state index in [1.807, 2.05) is 0 Å². The molecule has 188 valence electrons. The van der Waals surface area contributed by atoms with Gasteiger partial charge < -0.3 is 0 Å². The average molecular weight is 489 g/mol. The Hall–Kier alpha value is -2.05. The fraction of sp³-hybridized carbons (Fsp3) is 0.556. The molecule has 1 aliphatic rings. The molecular weight excluding hydrogens is 457 g/mol. The lowest BCUT2D eigenvalue weighted by Gasteiger charge is -2.29. The number of alkyl halides is 3. The zero-order valence-corrected chi connectivity index (χ0v) is 19.6. The molecule has 1 saturated carbocycles. The van der Waals surface area contributed by atoms with Crippen molar-refractivity contribution >= 4 is 0 Å². The fourth-order valence-corrected chi connectivity index (χ4v) is 5.01. The molecule has 0 aromatic heterocycles. The van der Waals surface area contributed by atoms with E-state index < -0.39 is 35.0 Å². The molecule has 0 unspecified atom stereocenters. The van der Waals surface area contributed by atoms with Crippen LogP contribution in [0.4, 0.5) is 30.7 Å². The van der Waals surface area contributed by atoms with Gasteiger partial charge in [-0.25, -0.2) is 17.6 Å². The number of benzene rings is 2. The highest BCUT2D eigenvalue weighted by Crippen LogP contribution is 2.39. The first kappa shape index (κ1) is 26.6. The molecule has 0 spiro atoms. The van der Waals surface area contributed by atoms with E-state index in [0.717, 1.165) is 25.7 Å².